The maximum absolute atomic E-state index is 14.7. The lowest BCUT2D eigenvalue weighted by atomic mass is 9.73. The Kier molecular flexibility index (Phi) is 7.36. The van der Waals surface area contributed by atoms with Gasteiger partial charge in [-0.3, -0.25) is 14.5 Å². The topological polar surface area (TPSA) is 107 Å². The number of aromatic nitrogens is 3. The molecule has 2 saturated heterocycles. The summed E-state index contributed by atoms with van der Waals surface area (Å²) in [5.41, 5.74) is 5.36. The first-order valence-corrected chi connectivity index (χ1v) is 17.6. The molecule has 2 aromatic heterocycles. The zero-order valence-corrected chi connectivity index (χ0v) is 27.4. The SMILES string of the molecule is CC(C(=O)O)N1CCC2(CC1)C(=O)N([C@H]1C[C@@H](N3CCCCC3)C1)c1cc(-c3cc4ncn(C(C)C)c4c(NC4CC4)n3)ccc12. The highest BCUT2D eigenvalue weighted by Gasteiger charge is 2.56. The van der Waals surface area contributed by atoms with Gasteiger partial charge in [-0.15, -0.1) is 0 Å². The Morgan fingerprint density at radius 3 is 2.41 bits per heavy atom. The number of imidazole rings is 1. The number of fused-ring (bicyclic) bond motifs is 3. The first kappa shape index (κ1) is 29.9. The number of carbonyl (C=O) groups is 2. The van der Waals surface area contributed by atoms with Crippen molar-refractivity contribution in [3.8, 4) is 11.3 Å². The predicted molar refractivity (Wildman–Crippen MR) is 179 cm³/mol. The number of piperidine rings is 2. The smallest absolute Gasteiger partial charge is 0.320 e. The van der Waals surface area contributed by atoms with Crippen molar-refractivity contribution in [2.45, 2.75) is 114 Å². The van der Waals surface area contributed by atoms with Crippen molar-refractivity contribution >= 4 is 34.4 Å². The molecule has 0 radical (unpaired) electrons. The summed E-state index contributed by atoms with van der Waals surface area (Å²) in [5, 5.41) is 13.3. The molecule has 46 heavy (non-hydrogen) atoms. The minimum atomic E-state index is -0.808. The molecule has 4 fully saturated rings. The molecule has 2 N–H and O–H groups in total. The van der Waals surface area contributed by atoms with E-state index in [1.165, 1.54) is 32.4 Å². The number of pyridine rings is 1. The lowest BCUT2D eigenvalue weighted by molar-refractivity contribution is -0.143. The van der Waals surface area contributed by atoms with Gasteiger partial charge in [0.25, 0.3) is 0 Å². The van der Waals surface area contributed by atoms with Crippen molar-refractivity contribution in [1.82, 2.24) is 24.3 Å². The molecule has 1 atom stereocenters. The van der Waals surface area contributed by atoms with E-state index in [1.807, 2.05) is 11.2 Å². The molecule has 2 aliphatic carbocycles. The molecule has 3 aromatic rings. The minimum absolute atomic E-state index is 0.188. The van der Waals surface area contributed by atoms with Crippen LogP contribution in [0.1, 0.15) is 90.2 Å². The number of hydrogen-bond acceptors (Lipinski definition) is 7. The number of benzene rings is 1. The quantitative estimate of drug-likeness (QED) is 0.342. The molecule has 3 aliphatic heterocycles. The number of rotatable bonds is 8. The van der Waals surface area contributed by atoms with E-state index in [2.05, 4.69) is 57.8 Å². The van der Waals surface area contributed by atoms with E-state index in [1.54, 1.807) is 6.92 Å². The standard InChI is InChI=1S/C36H47N7O3/c1-22(2)42-21-37-30-20-29(39-33(32(30)42)38-25-8-9-25)24-7-10-28-31(17-24)43(27-18-26(19-27)41-13-5-4-6-14-41)35(46)36(28)11-15-40(16-12-36)23(3)34(44)45/h7,10,17,20-23,25-27H,4-6,8-9,11-16,18-19H2,1-3H3,(H,38,39)(H,44,45)/t23?,26-,27+. The summed E-state index contributed by atoms with van der Waals surface area (Å²) < 4.78 is 2.19. The first-order valence-electron chi connectivity index (χ1n) is 17.6. The van der Waals surface area contributed by atoms with Gasteiger partial charge in [-0.1, -0.05) is 18.6 Å². The number of amides is 1. The third-order valence-electron chi connectivity index (χ3n) is 11.6. The van der Waals surface area contributed by atoms with Gasteiger partial charge in [0.05, 0.1) is 23.0 Å². The molecule has 8 rings (SSSR count). The summed E-state index contributed by atoms with van der Waals surface area (Å²) in [4.78, 5) is 43.2. The fraction of sp³-hybridized carbons (Fsp3) is 0.611. The minimum Gasteiger partial charge on any atom is -0.480 e. The molecular weight excluding hydrogens is 578 g/mol. The van der Waals surface area contributed by atoms with Crippen LogP contribution in [-0.2, 0) is 15.0 Å². The molecule has 2 saturated carbocycles. The van der Waals surface area contributed by atoms with E-state index in [0.717, 1.165) is 65.0 Å². The average molecular weight is 626 g/mol. The van der Waals surface area contributed by atoms with Crippen molar-refractivity contribution in [2.24, 2.45) is 0 Å². The predicted octanol–water partition coefficient (Wildman–Crippen LogP) is 5.42. The van der Waals surface area contributed by atoms with Gasteiger partial charge in [-0.25, -0.2) is 9.97 Å². The normalized spacial score (nSPS) is 25.7. The van der Waals surface area contributed by atoms with Crippen molar-refractivity contribution in [3.05, 3.63) is 36.2 Å². The van der Waals surface area contributed by atoms with Crippen molar-refractivity contribution in [3.63, 3.8) is 0 Å². The van der Waals surface area contributed by atoms with Crippen LogP contribution in [0.2, 0.25) is 0 Å². The Bertz CT molecular complexity index is 1660. The van der Waals surface area contributed by atoms with Crippen LogP contribution in [0.15, 0.2) is 30.6 Å². The molecule has 244 valence electrons. The van der Waals surface area contributed by atoms with E-state index < -0.39 is 17.4 Å². The number of carboxylic acid groups (broad SMARTS) is 1. The second-order valence-corrected chi connectivity index (χ2v) is 14.8. The van der Waals surface area contributed by atoms with Crippen LogP contribution < -0.4 is 10.2 Å². The molecule has 10 heteroatoms. The summed E-state index contributed by atoms with van der Waals surface area (Å²) in [6, 6.07) is 9.52. The fourth-order valence-electron chi connectivity index (χ4n) is 8.52. The van der Waals surface area contributed by atoms with Crippen LogP contribution >= 0.6 is 0 Å². The Balaban J connectivity index is 1.16. The van der Waals surface area contributed by atoms with E-state index in [0.29, 0.717) is 38.0 Å². The van der Waals surface area contributed by atoms with Gasteiger partial charge >= 0.3 is 5.97 Å². The molecule has 1 unspecified atom stereocenters. The van der Waals surface area contributed by atoms with Gasteiger partial charge < -0.3 is 24.8 Å². The van der Waals surface area contributed by atoms with Crippen molar-refractivity contribution in [2.75, 3.05) is 36.4 Å². The number of hydrogen-bond donors (Lipinski definition) is 2. The molecule has 5 aliphatic rings. The Morgan fingerprint density at radius 1 is 1.00 bits per heavy atom. The number of likely N-dealkylation sites (tertiary alicyclic amines) is 2. The largest absolute Gasteiger partial charge is 0.480 e. The highest BCUT2D eigenvalue weighted by Crippen LogP contribution is 2.52. The van der Waals surface area contributed by atoms with Crippen LogP contribution in [-0.4, -0.2) is 91.7 Å². The lowest BCUT2D eigenvalue weighted by Crippen LogP contribution is -2.58. The van der Waals surface area contributed by atoms with Gasteiger partial charge in [0, 0.05) is 48.5 Å². The summed E-state index contributed by atoms with van der Waals surface area (Å²) >= 11 is 0. The number of anilines is 2. The van der Waals surface area contributed by atoms with E-state index in [9.17, 15) is 14.7 Å². The second kappa shape index (κ2) is 11.3. The highest BCUT2D eigenvalue weighted by molar-refractivity contribution is 6.09. The lowest BCUT2D eigenvalue weighted by Gasteiger charge is -2.48. The summed E-state index contributed by atoms with van der Waals surface area (Å²) in [7, 11) is 0. The number of carbonyl (C=O) groups excluding carboxylic acids is 1. The molecule has 1 aromatic carbocycles. The molecule has 10 nitrogen and oxygen atoms in total. The number of nitrogens with zero attached hydrogens (tertiary/aromatic N) is 6. The third-order valence-corrected chi connectivity index (χ3v) is 11.6. The summed E-state index contributed by atoms with van der Waals surface area (Å²) in [6.45, 7) is 9.63. The molecule has 1 spiro atoms. The van der Waals surface area contributed by atoms with E-state index in [4.69, 9.17) is 9.97 Å². The average Bonchev–Trinajstić information content (AvgIpc) is 3.70. The van der Waals surface area contributed by atoms with Gasteiger partial charge in [-0.2, -0.15) is 0 Å². The molecule has 5 heterocycles. The fourth-order valence-corrected chi connectivity index (χ4v) is 8.52. The van der Waals surface area contributed by atoms with Crippen LogP contribution in [0.4, 0.5) is 11.5 Å². The van der Waals surface area contributed by atoms with Crippen LogP contribution in [0.5, 0.6) is 0 Å². The zero-order valence-electron chi connectivity index (χ0n) is 27.4. The van der Waals surface area contributed by atoms with Crippen LogP contribution in [0.3, 0.4) is 0 Å². The van der Waals surface area contributed by atoms with Gasteiger partial charge in [-0.05, 0) is 103 Å². The van der Waals surface area contributed by atoms with Gasteiger partial charge in [0.15, 0.2) is 5.82 Å². The van der Waals surface area contributed by atoms with Gasteiger partial charge in [0.1, 0.15) is 11.6 Å². The zero-order chi connectivity index (χ0) is 31.7. The maximum Gasteiger partial charge on any atom is 0.320 e. The third kappa shape index (κ3) is 4.91. The number of carboxylic acids is 1. The van der Waals surface area contributed by atoms with Crippen LogP contribution in [0.25, 0.3) is 22.3 Å². The monoisotopic (exact) mass is 625 g/mol. The maximum atomic E-state index is 14.7. The van der Waals surface area contributed by atoms with Crippen molar-refractivity contribution < 1.29 is 14.7 Å². The first-order chi connectivity index (χ1) is 22.2. The van der Waals surface area contributed by atoms with Crippen LogP contribution in [0, 0.1) is 0 Å². The molecular formula is C36H47N7O3. The Hall–Kier alpha value is -3.50. The second-order valence-electron chi connectivity index (χ2n) is 14.8. The summed E-state index contributed by atoms with van der Waals surface area (Å²) in [5.74, 6) is 0.283. The number of nitrogens with one attached hydrogen (secondary N) is 1. The summed E-state index contributed by atoms with van der Waals surface area (Å²) in [6.07, 6.45) is 11.4. The Morgan fingerprint density at radius 2 is 1.74 bits per heavy atom. The highest BCUT2D eigenvalue weighted by atomic mass is 16.4. The molecule has 1 amide bonds. The van der Waals surface area contributed by atoms with E-state index in [-0.39, 0.29) is 18.0 Å². The van der Waals surface area contributed by atoms with E-state index >= 15 is 0 Å². The Labute approximate surface area is 271 Å². The van der Waals surface area contributed by atoms with Crippen molar-refractivity contribution in [1.29, 1.82) is 0 Å². The number of aliphatic carboxylic acids is 1. The van der Waals surface area contributed by atoms with Gasteiger partial charge in [0.2, 0.25) is 5.91 Å². The molecule has 0 bridgehead atoms.